The van der Waals surface area contributed by atoms with Crippen LogP contribution in [0.1, 0.15) is 43.9 Å². The largest absolute Gasteiger partial charge is 0.393 e. The summed E-state index contributed by atoms with van der Waals surface area (Å²) in [6.07, 6.45) is -0.379. The predicted octanol–water partition coefficient (Wildman–Crippen LogP) is 1.63. The Hall–Kier alpha value is -2.44. The van der Waals surface area contributed by atoms with Gasteiger partial charge in [0.1, 0.15) is 5.82 Å². The minimum Gasteiger partial charge on any atom is -0.393 e. The fraction of sp³-hybridized carbons (Fsp3) is 0.455. The van der Waals surface area contributed by atoms with Crippen molar-refractivity contribution in [3.8, 4) is 11.3 Å². The van der Waals surface area contributed by atoms with Crippen LogP contribution in [0.15, 0.2) is 30.3 Å². The van der Waals surface area contributed by atoms with Gasteiger partial charge in [-0.2, -0.15) is 0 Å². The molecule has 0 bridgehead atoms. The number of aliphatic hydroxyl groups excluding tert-OH is 3. The van der Waals surface area contributed by atoms with Crippen LogP contribution in [0, 0.1) is 5.82 Å². The highest BCUT2D eigenvalue weighted by Gasteiger charge is 2.22. The molecule has 0 unspecified atom stereocenters. The molecule has 0 saturated carbocycles. The van der Waals surface area contributed by atoms with Crippen LogP contribution in [0.2, 0.25) is 0 Å². The van der Waals surface area contributed by atoms with E-state index in [4.69, 9.17) is 10.2 Å². The number of aliphatic hydroxyl groups is 4. The van der Waals surface area contributed by atoms with Gasteiger partial charge in [-0.1, -0.05) is 26.0 Å². The third-order valence-electron chi connectivity index (χ3n) is 4.89. The third kappa shape index (κ3) is 7.54. The van der Waals surface area contributed by atoms with E-state index >= 15 is 0 Å². The Morgan fingerprint density at radius 3 is 2.18 bits per heavy atom. The summed E-state index contributed by atoms with van der Waals surface area (Å²) in [7, 11) is -2.31. The lowest BCUT2D eigenvalue weighted by Gasteiger charge is -2.20. The number of hydrogen-bond donors (Lipinski definition) is 4. The molecule has 2 aromatic rings. The number of rotatable bonds is 10. The number of sulfonamides is 1. The third-order valence-corrected chi connectivity index (χ3v) is 6.05. The lowest BCUT2D eigenvalue weighted by atomic mass is 9.97. The van der Waals surface area contributed by atoms with E-state index in [-0.39, 0.29) is 24.7 Å². The molecule has 0 aliphatic heterocycles. The van der Waals surface area contributed by atoms with Gasteiger partial charge in [-0.25, -0.2) is 27.1 Å². The van der Waals surface area contributed by atoms with Crippen LogP contribution < -0.4 is 4.31 Å². The van der Waals surface area contributed by atoms with Crippen LogP contribution in [0.4, 0.5) is 10.3 Å². The van der Waals surface area contributed by atoms with Crippen molar-refractivity contribution in [2.45, 2.75) is 51.1 Å². The van der Waals surface area contributed by atoms with E-state index in [1.807, 2.05) is 13.8 Å². The van der Waals surface area contributed by atoms with Crippen molar-refractivity contribution in [2.24, 2.45) is 0 Å². The molecule has 0 radical (unpaired) electrons. The second kappa shape index (κ2) is 11.1. The van der Waals surface area contributed by atoms with Gasteiger partial charge < -0.3 is 20.4 Å². The SMILES string of the molecule is CC(C)c1nc(N(C)S(C)(=O)=O)nc(-c2ccc(F)cc2)c1/C=C/[C@@H](O)C[C@@H](O)CC(O)O. The molecule has 0 saturated heterocycles. The van der Waals surface area contributed by atoms with Crippen LogP contribution in [-0.4, -0.2) is 70.6 Å². The molecule has 1 aromatic heterocycles. The average Bonchev–Trinajstić information content (AvgIpc) is 2.70. The van der Waals surface area contributed by atoms with Gasteiger partial charge in [0.15, 0.2) is 6.29 Å². The monoisotopic (exact) mass is 483 g/mol. The van der Waals surface area contributed by atoms with Crippen molar-refractivity contribution in [1.82, 2.24) is 9.97 Å². The normalized spacial score (nSPS) is 14.3. The van der Waals surface area contributed by atoms with Gasteiger partial charge in [-0.3, -0.25) is 0 Å². The molecule has 0 aliphatic carbocycles. The van der Waals surface area contributed by atoms with Gasteiger partial charge in [0, 0.05) is 31.0 Å². The maximum Gasteiger partial charge on any atom is 0.239 e. The molecule has 11 heteroatoms. The fourth-order valence-corrected chi connectivity index (χ4v) is 3.48. The average molecular weight is 484 g/mol. The maximum absolute atomic E-state index is 13.5. The first-order chi connectivity index (χ1) is 15.3. The first-order valence-corrected chi connectivity index (χ1v) is 12.2. The number of halogens is 1. The van der Waals surface area contributed by atoms with E-state index in [1.165, 1.54) is 37.4 Å². The summed E-state index contributed by atoms with van der Waals surface area (Å²) in [6, 6.07) is 5.52. The van der Waals surface area contributed by atoms with E-state index in [2.05, 4.69) is 9.97 Å². The second-order valence-corrected chi connectivity index (χ2v) is 10.1. The highest BCUT2D eigenvalue weighted by atomic mass is 32.2. The van der Waals surface area contributed by atoms with Crippen LogP contribution in [-0.2, 0) is 10.0 Å². The Labute approximate surface area is 192 Å². The van der Waals surface area contributed by atoms with Crippen molar-refractivity contribution in [3.63, 3.8) is 0 Å². The molecule has 1 heterocycles. The zero-order chi connectivity index (χ0) is 24.9. The van der Waals surface area contributed by atoms with Crippen molar-refractivity contribution >= 4 is 22.0 Å². The Kier molecular flexibility index (Phi) is 9.04. The van der Waals surface area contributed by atoms with E-state index in [1.54, 1.807) is 6.08 Å². The van der Waals surface area contributed by atoms with Crippen molar-refractivity contribution in [1.29, 1.82) is 0 Å². The lowest BCUT2D eigenvalue weighted by Crippen LogP contribution is -2.27. The minimum atomic E-state index is -3.64. The van der Waals surface area contributed by atoms with Gasteiger partial charge >= 0.3 is 0 Å². The summed E-state index contributed by atoms with van der Waals surface area (Å²) in [6.45, 7) is 3.72. The smallest absolute Gasteiger partial charge is 0.239 e. The van der Waals surface area contributed by atoms with E-state index < -0.39 is 34.3 Å². The molecule has 4 N–H and O–H groups in total. The highest BCUT2D eigenvalue weighted by molar-refractivity contribution is 7.92. The number of aromatic nitrogens is 2. The van der Waals surface area contributed by atoms with Crippen molar-refractivity contribution < 1.29 is 33.2 Å². The maximum atomic E-state index is 13.5. The van der Waals surface area contributed by atoms with Gasteiger partial charge in [0.25, 0.3) is 0 Å². The van der Waals surface area contributed by atoms with Gasteiger partial charge in [-0.05, 0) is 30.2 Å². The Balaban J connectivity index is 2.60. The molecule has 2 rings (SSSR count). The first-order valence-electron chi connectivity index (χ1n) is 10.3. The minimum absolute atomic E-state index is 0.0504. The summed E-state index contributed by atoms with van der Waals surface area (Å²) >= 11 is 0. The molecule has 0 aliphatic rings. The number of nitrogens with zero attached hydrogens (tertiary/aromatic N) is 3. The van der Waals surface area contributed by atoms with Gasteiger partial charge in [-0.15, -0.1) is 0 Å². The second-order valence-electron chi connectivity index (χ2n) is 8.10. The first kappa shape index (κ1) is 26.8. The Morgan fingerprint density at radius 1 is 1.06 bits per heavy atom. The molecule has 0 spiro atoms. The number of hydrogen-bond acceptors (Lipinski definition) is 8. The van der Waals surface area contributed by atoms with Crippen LogP contribution in [0.25, 0.3) is 17.3 Å². The van der Waals surface area contributed by atoms with E-state index in [9.17, 15) is 23.0 Å². The van der Waals surface area contributed by atoms with E-state index in [0.717, 1.165) is 10.6 Å². The summed E-state index contributed by atoms with van der Waals surface area (Å²) in [5.41, 5.74) is 1.86. The van der Waals surface area contributed by atoms with Gasteiger partial charge in [0.05, 0.1) is 29.9 Å². The standard InChI is InChI=1S/C22H30FN3O6S/c1-13(2)20-18(10-9-16(27)11-17(28)12-19(29)30)21(14-5-7-15(23)8-6-14)25-22(24-20)26(3)33(4,31)32/h5-10,13,16-17,19,27-30H,11-12H2,1-4H3/b10-9+/t16-,17-/m1/s1. The lowest BCUT2D eigenvalue weighted by molar-refractivity contribution is -0.0739. The van der Waals surface area contributed by atoms with Gasteiger partial charge in [0.2, 0.25) is 16.0 Å². The molecule has 1 aromatic carbocycles. The summed E-state index contributed by atoms with van der Waals surface area (Å²) in [4.78, 5) is 8.86. The van der Waals surface area contributed by atoms with Crippen LogP contribution in [0.3, 0.4) is 0 Å². The molecule has 2 atom stereocenters. The number of benzene rings is 1. The molecule has 182 valence electrons. The molecular formula is C22H30FN3O6S. The summed E-state index contributed by atoms with van der Waals surface area (Å²) in [5.74, 6) is -0.658. The van der Waals surface area contributed by atoms with Crippen molar-refractivity contribution in [3.05, 3.63) is 47.4 Å². The topological polar surface area (TPSA) is 144 Å². The van der Waals surface area contributed by atoms with Crippen LogP contribution in [0.5, 0.6) is 0 Å². The molecule has 0 amide bonds. The van der Waals surface area contributed by atoms with E-state index in [0.29, 0.717) is 22.5 Å². The van der Waals surface area contributed by atoms with Crippen molar-refractivity contribution in [2.75, 3.05) is 17.6 Å². The zero-order valence-corrected chi connectivity index (χ0v) is 19.7. The molecule has 0 fully saturated rings. The Morgan fingerprint density at radius 2 is 1.67 bits per heavy atom. The molecular weight excluding hydrogens is 453 g/mol. The molecule has 33 heavy (non-hydrogen) atoms. The summed E-state index contributed by atoms with van der Waals surface area (Å²) < 4.78 is 38.6. The molecule has 9 nitrogen and oxygen atoms in total. The van der Waals surface area contributed by atoms with Crippen LogP contribution >= 0.6 is 0 Å². The fourth-order valence-electron chi connectivity index (χ4n) is 3.10. The number of anilines is 1. The zero-order valence-electron chi connectivity index (χ0n) is 18.9. The Bertz CT molecular complexity index is 1070. The summed E-state index contributed by atoms with van der Waals surface area (Å²) in [5, 5.41) is 38.0. The quantitative estimate of drug-likeness (QED) is 0.373. The highest BCUT2D eigenvalue weighted by Crippen LogP contribution is 2.31. The predicted molar refractivity (Wildman–Crippen MR) is 123 cm³/mol.